The molecule has 1 atom stereocenters. The second-order valence-corrected chi connectivity index (χ2v) is 6.68. The van der Waals surface area contributed by atoms with Gasteiger partial charge in [0.1, 0.15) is 0 Å². The van der Waals surface area contributed by atoms with E-state index in [1.54, 1.807) is 6.20 Å². The number of hydrogen-bond donors (Lipinski definition) is 1. The van der Waals surface area contributed by atoms with Crippen molar-refractivity contribution in [2.24, 2.45) is 5.92 Å². The highest BCUT2D eigenvalue weighted by Crippen LogP contribution is 2.44. The van der Waals surface area contributed by atoms with Crippen LogP contribution in [0, 0.1) is 5.92 Å². The number of aromatic nitrogens is 2. The summed E-state index contributed by atoms with van der Waals surface area (Å²) in [5.74, 6) is 0.779. The highest BCUT2D eigenvalue weighted by Gasteiger charge is 2.43. The summed E-state index contributed by atoms with van der Waals surface area (Å²) in [6.07, 6.45) is 7.31. The van der Waals surface area contributed by atoms with E-state index in [4.69, 9.17) is 16.3 Å². The molecule has 1 aliphatic rings. The molecule has 1 aromatic rings. The first-order chi connectivity index (χ1) is 10.1. The number of nitrogens with one attached hydrogen (secondary N) is 1. The van der Waals surface area contributed by atoms with Gasteiger partial charge < -0.3 is 10.1 Å². The molecule has 5 heteroatoms. The van der Waals surface area contributed by atoms with Crippen LogP contribution in [0.1, 0.15) is 57.7 Å². The minimum Gasteiger partial charge on any atom is -0.376 e. The van der Waals surface area contributed by atoms with Crippen molar-refractivity contribution in [3.63, 3.8) is 0 Å². The van der Waals surface area contributed by atoms with Crippen LogP contribution in [0.15, 0.2) is 6.20 Å². The molecule has 0 bridgehead atoms. The highest BCUT2D eigenvalue weighted by atomic mass is 35.5. The van der Waals surface area contributed by atoms with Gasteiger partial charge in [0.15, 0.2) is 0 Å². The molecule has 120 valence electrons. The standard InChI is InChI=1S/C16H28ClN3O/c1-5-10-20-14(13(17)11-19-20)15(18-3)16(21-4)8-6-12(2)7-9-16/h11-12,15,18H,5-10H2,1-4H3. The van der Waals surface area contributed by atoms with E-state index in [9.17, 15) is 0 Å². The van der Waals surface area contributed by atoms with Crippen LogP contribution in [-0.2, 0) is 11.3 Å². The molecule has 1 fully saturated rings. The van der Waals surface area contributed by atoms with E-state index in [0.717, 1.165) is 42.4 Å². The Labute approximate surface area is 133 Å². The molecule has 1 aromatic heterocycles. The second kappa shape index (κ2) is 7.12. The lowest BCUT2D eigenvalue weighted by Gasteiger charge is -2.44. The number of hydrogen-bond acceptors (Lipinski definition) is 3. The van der Waals surface area contributed by atoms with Crippen LogP contribution < -0.4 is 5.32 Å². The van der Waals surface area contributed by atoms with E-state index >= 15 is 0 Å². The van der Waals surface area contributed by atoms with Gasteiger partial charge in [-0.2, -0.15) is 5.10 Å². The Morgan fingerprint density at radius 3 is 2.71 bits per heavy atom. The number of halogens is 1. The van der Waals surface area contributed by atoms with E-state index in [1.165, 1.54) is 12.8 Å². The first-order valence-electron chi connectivity index (χ1n) is 8.01. The van der Waals surface area contributed by atoms with Crippen LogP contribution >= 0.6 is 11.6 Å². The number of rotatable bonds is 6. The lowest BCUT2D eigenvalue weighted by atomic mass is 9.74. The lowest BCUT2D eigenvalue weighted by Crippen LogP contribution is -2.47. The van der Waals surface area contributed by atoms with Gasteiger partial charge in [-0.3, -0.25) is 4.68 Å². The number of nitrogens with zero attached hydrogens (tertiary/aromatic N) is 2. The van der Waals surface area contributed by atoms with Gasteiger partial charge in [0.25, 0.3) is 0 Å². The molecule has 1 heterocycles. The summed E-state index contributed by atoms with van der Waals surface area (Å²) in [5.41, 5.74) is 0.883. The van der Waals surface area contributed by atoms with Crippen molar-refractivity contribution >= 4 is 11.6 Å². The molecule has 2 rings (SSSR count). The third-order valence-electron chi connectivity index (χ3n) is 4.88. The maximum absolute atomic E-state index is 6.44. The molecule has 0 aliphatic heterocycles. The van der Waals surface area contributed by atoms with Crippen LogP contribution in [-0.4, -0.2) is 29.5 Å². The van der Waals surface area contributed by atoms with E-state index in [2.05, 4.69) is 24.3 Å². The number of methoxy groups -OCH3 is 1. The van der Waals surface area contributed by atoms with Crippen molar-refractivity contribution in [2.75, 3.05) is 14.2 Å². The number of ether oxygens (including phenoxy) is 1. The zero-order valence-corrected chi connectivity index (χ0v) is 14.4. The fourth-order valence-electron chi connectivity index (χ4n) is 3.56. The molecule has 21 heavy (non-hydrogen) atoms. The first kappa shape index (κ1) is 16.8. The Kier molecular flexibility index (Phi) is 5.69. The van der Waals surface area contributed by atoms with Gasteiger partial charge in [0.2, 0.25) is 0 Å². The van der Waals surface area contributed by atoms with Crippen LogP contribution in [0.4, 0.5) is 0 Å². The van der Waals surface area contributed by atoms with Crippen molar-refractivity contribution in [2.45, 2.75) is 64.1 Å². The smallest absolute Gasteiger partial charge is 0.0888 e. The van der Waals surface area contributed by atoms with Crippen molar-refractivity contribution < 1.29 is 4.74 Å². The minimum atomic E-state index is -0.184. The molecule has 0 spiro atoms. The van der Waals surface area contributed by atoms with Crippen molar-refractivity contribution in [1.82, 2.24) is 15.1 Å². The van der Waals surface area contributed by atoms with Crippen LogP contribution in [0.5, 0.6) is 0 Å². The van der Waals surface area contributed by atoms with Crippen LogP contribution in [0.3, 0.4) is 0 Å². The van der Waals surface area contributed by atoms with Gasteiger partial charge in [-0.1, -0.05) is 25.4 Å². The third kappa shape index (κ3) is 3.27. The van der Waals surface area contributed by atoms with Crippen molar-refractivity contribution in [1.29, 1.82) is 0 Å². The zero-order valence-electron chi connectivity index (χ0n) is 13.7. The van der Waals surface area contributed by atoms with Gasteiger partial charge in [-0.15, -0.1) is 0 Å². The molecule has 1 N–H and O–H groups in total. The summed E-state index contributed by atoms with van der Waals surface area (Å²) in [7, 11) is 3.82. The molecular weight excluding hydrogens is 286 g/mol. The first-order valence-corrected chi connectivity index (χ1v) is 8.39. The predicted molar refractivity (Wildman–Crippen MR) is 86.7 cm³/mol. The van der Waals surface area contributed by atoms with Crippen LogP contribution in [0.2, 0.25) is 5.02 Å². The highest BCUT2D eigenvalue weighted by molar-refractivity contribution is 6.31. The Morgan fingerprint density at radius 2 is 2.19 bits per heavy atom. The van der Waals surface area contributed by atoms with E-state index < -0.39 is 0 Å². The maximum atomic E-state index is 6.44. The Morgan fingerprint density at radius 1 is 1.52 bits per heavy atom. The average Bonchev–Trinajstić information content (AvgIpc) is 2.84. The average molecular weight is 314 g/mol. The molecule has 0 radical (unpaired) electrons. The largest absolute Gasteiger partial charge is 0.376 e. The summed E-state index contributed by atoms with van der Waals surface area (Å²) >= 11 is 6.44. The number of likely N-dealkylation sites (N-methyl/N-ethyl adjacent to an activating group) is 1. The third-order valence-corrected chi connectivity index (χ3v) is 5.18. The summed E-state index contributed by atoms with van der Waals surface area (Å²) in [4.78, 5) is 0. The summed E-state index contributed by atoms with van der Waals surface area (Å²) in [5, 5.41) is 8.62. The fourth-order valence-corrected chi connectivity index (χ4v) is 3.81. The molecule has 0 amide bonds. The topological polar surface area (TPSA) is 39.1 Å². The van der Waals surface area contributed by atoms with Gasteiger partial charge in [0, 0.05) is 13.7 Å². The predicted octanol–water partition coefficient (Wildman–Crippen LogP) is 3.80. The van der Waals surface area contributed by atoms with Crippen molar-refractivity contribution in [3.8, 4) is 0 Å². The molecule has 1 aliphatic carbocycles. The van der Waals surface area contributed by atoms with E-state index in [-0.39, 0.29) is 11.6 Å². The van der Waals surface area contributed by atoms with Crippen LogP contribution in [0.25, 0.3) is 0 Å². The quantitative estimate of drug-likeness (QED) is 0.868. The van der Waals surface area contributed by atoms with E-state index in [1.807, 2.05) is 18.8 Å². The summed E-state index contributed by atoms with van der Waals surface area (Å²) in [6.45, 7) is 5.36. The van der Waals surface area contributed by atoms with Crippen molar-refractivity contribution in [3.05, 3.63) is 16.9 Å². The van der Waals surface area contributed by atoms with Gasteiger partial charge in [-0.25, -0.2) is 0 Å². The van der Waals surface area contributed by atoms with Gasteiger partial charge in [0.05, 0.1) is 28.6 Å². The summed E-state index contributed by atoms with van der Waals surface area (Å²) in [6, 6.07) is 0.0801. The molecule has 0 aromatic carbocycles. The Bertz CT molecular complexity index is 452. The molecule has 0 saturated heterocycles. The Hall–Kier alpha value is -0.580. The lowest BCUT2D eigenvalue weighted by molar-refractivity contribution is -0.0763. The zero-order chi connectivity index (χ0) is 15.5. The van der Waals surface area contributed by atoms with E-state index in [0.29, 0.717) is 0 Å². The fraction of sp³-hybridized carbons (Fsp3) is 0.812. The molecule has 4 nitrogen and oxygen atoms in total. The monoisotopic (exact) mass is 313 g/mol. The normalized spacial score (nSPS) is 27.8. The van der Waals surface area contributed by atoms with Gasteiger partial charge >= 0.3 is 0 Å². The summed E-state index contributed by atoms with van der Waals surface area (Å²) < 4.78 is 8.06. The minimum absolute atomic E-state index is 0.0801. The molecule has 1 saturated carbocycles. The van der Waals surface area contributed by atoms with Gasteiger partial charge in [-0.05, 0) is 45.1 Å². The molecule has 1 unspecified atom stereocenters. The number of aryl methyl sites for hydroxylation is 1. The molecular formula is C16H28ClN3O. The second-order valence-electron chi connectivity index (χ2n) is 6.27. The SMILES string of the molecule is CCCn1ncc(Cl)c1C(NC)C1(OC)CCC(C)CC1. The Balaban J connectivity index is 2.35. The maximum Gasteiger partial charge on any atom is 0.0888 e.